The van der Waals surface area contributed by atoms with E-state index in [0.717, 1.165) is 25.1 Å². The van der Waals surface area contributed by atoms with Crippen molar-refractivity contribution in [3.05, 3.63) is 28.8 Å². The molecule has 1 aliphatic rings. The number of hydrogen-bond donors (Lipinski definition) is 1. The van der Waals surface area contributed by atoms with E-state index in [1.807, 2.05) is 0 Å². The summed E-state index contributed by atoms with van der Waals surface area (Å²) in [5, 5.41) is 0. The van der Waals surface area contributed by atoms with Gasteiger partial charge in [-0.3, -0.25) is 0 Å². The molecule has 0 heterocycles. The molecule has 1 aliphatic carbocycles. The van der Waals surface area contributed by atoms with Crippen molar-refractivity contribution < 1.29 is 9.57 Å². The Balaban J connectivity index is 2.29. The van der Waals surface area contributed by atoms with E-state index >= 15 is 0 Å². The molecule has 0 aromatic heterocycles. The number of methoxy groups -OCH3 is 1. The number of hydrogen-bond acceptors (Lipinski definition) is 3. The van der Waals surface area contributed by atoms with Crippen LogP contribution in [-0.2, 0) is 24.2 Å². The highest BCUT2D eigenvalue weighted by molar-refractivity contribution is 5.47. The van der Waals surface area contributed by atoms with Crippen LogP contribution in [0.2, 0.25) is 0 Å². The van der Waals surface area contributed by atoms with Crippen LogP contribution in [-0.4, -0.2) is 14.2 Å². The summed E-state index contributed by atoms with van der Waals surface area (Å²) in [4.78, 5) is 4.88. The zero-order chi connectivity index (χ0) is 10.7. The molecule has 0 bridgehead atoms. The Kier molecular flexibility index (Phi) is 3.23. The third kappa shape index (κ3) is 1.98. The van der Waals surface area contributed by atoms with Crippen molar-refractivity contribution >= 4 is 0 Å². The molecule has 0 spiro atoms. The van der Waals surface area contributed by atoms with Gasteiger partial charge in [-0.25, -0.2) is 0 Å². The van der Waals surface area contributed by atoms with Crippen LogP contribution in [0.1, 0.15) is 23.1 Å². The molecular formula is C12H17NO2. The minimum absolute atomic E-state index is 0.767. The Labute approximate surface area is 90.3 Å². The van der Waals surface area contributed by atoms with Crippen LogP contribution in [0.15, 0.2) is 12.1 Å². The van der Waals surface area contributed by atoms with E-state index in [2.05, 4.69) is 17.6 Å². The molecule has 0 saturated carbocycles. The van der Waals surface area contributed by atoms with E-state index in [9.17, 15) is 0 Å². The molecule has 0 atom stereocenters. The molecular weight excluding hydrogens is 190 g/mol. The van der Waals surface area contributed by atoms with Gasteiger partial charge in [-0.15, -0.1) is 0 Å². The molecule has 3 heteroatoms. The van der Waals surface area contributed by atoms with Gasteiger partial charge in [-0.05, 0) is 42.0 Å². The minimum Gasteiger partial charge on any atom is -0.496 e. The van der Waals surface area contributed by atoms with Crippen LogP contribution in [0, 0.1) is 0 Å². The number of hydroxylamine groups is 1. The van der Waals surface area contributed by atoms with Crippen molar-refractivity contribution in [1.82, 2.24) is 5.48 Å². The molecule has 1 aromatic carbocycles. The van der Waals surface area contributed by atoms with E-state index in [4.69, 9.17) is 9.57 Å². The largest absolute Gasteiger partial charge is 0.496 e. The van der Waals surface area contributed by atoms with E-state index < -0.39 is 0 Å². The average Bonchev–Trinajstić information content (AvgIpc) is 2.74. The summed E-state index contributed by atoms with van der Waals surface area (Å²) < 4.78 is 5.36. The van der Waals surface area contributed by atoms with Gasteiger partial charge in [0.05, 0.1) is 14.2 Å². The number of fused-ring (bicyclic) bond motifs is 1. The zero-order valence-electron chi connectivity index (χ0n) is 9.30. The van der Waals surface area contributed by atoms with Crippen LogP contribution >= 0.6 is 0 Å². The Morgan fingerprint density at radius 2 is 2.00 bits per heavy atom. The maximum absolute atomic E-state index is 5.36. The van der Waals surface area contributed by atoms with Gasteiger partial charge in [0.1, 0.15) is 5.75 Å². The summed E-state index contributed by atoms with van der Waals surface area (Å²) >= 11 is 0. The first-order valence-corrected chi connectivity index (χ1v) is 5.30. The Morgan fingerprint density at radius 3 is 2.73 bits per heavy atom. The molecule has 1 N–H and O–H groups in total. The second kappa shape index (κ2) is 4.64. The predicted molar refractivity (Wildman–Crippen MR) is 58.9 cm³/mol. The predicted octanol–water partition coefficient (Wildman–Crippen LogP) is 1.83. The minimum atomic E-state index is 0.767. The Bertz CT molecular complexity index is 350. The summed E-state index contributed by atoms with van der Waals surface area (Å²) in [6.45, 7) is 0.767. The van der Waals surface area contributed by atoms with E-state index in [1.165, 1.54) is 23.1 Å². The van der Waals surface area contributed by atoms with Gasteiger partial charge >= 0.3 is 0 Å². The molecule has 2 rings (SSSR count). The lowest BCUT2D eigenvalue weighted by Crippen LogP contribution is -2.12. The highest BCUT2D eigenvalue weighted by Crippen LogP contribution is 2.33. The van der Waals surface area contributed by atoms with Gasteiger partial charge in [0, 0.05) is 6.54 Å². The van der Waals surface area contributed by atoms with Gasteiger partial charge in [0.25, 0.3) is 0 Å². The number of benzene rings is 1. The summed E-state index contributed by atoms with van der Waals surface area (Å²) in [5.41, 5.74) is 7.04. The third-order valence-electron chi connectivity index (χ3n) is 2.97. The molecule has 1 aromatic rings. The summed E-state index contributed by atoms with van der Waals surface area (Å²) in [7, 11) is 3.38. The topological polar surface area (TPSA) is 30.5 Å². The molecule has 0 unspecified atom stereocenters. The molecule has 3 nitrogen and oxygen atoms in total. The smallest absolute Gasteiger partial charge is 0.122 e. The molecule has 0 radical (unpaired) electrons. The Morgan fingerprint density at radius 1 is 1.20 bits per heavy atom. The average molecular weight is 207 g/mol. The molecule has 0 fully saturated rings. The monoisotopic (exact) mass is 207 g/mol. The van der Waals surface area contributed by atoms with Crippen LogP contribution in [0.5, 0.6) is 5.75 Å². The van der Waals surface area contributed by atoms with E-state index in [1.54, 1.807) is 14.2 Å². The van der Waals surface area contributed by atoms with Crippen molar-refractivity contribution in [2.45, 2.75) is 25.8 Å². The maximum atomic E-state index is 5.36. The van der Waals surface area contributed by atoms with Gasteiger partial charge in [-0.2, -0.15) is 5.48 Å². The first-order valence-electron chi connectivity index (χ1n) is 5.30. The first-order chi connectivity index (χ1) is 7.36. The van der Waals surface area contributed by atoms with E-state index in [0.29, 0.717) is 0 Å². The molecule has 15 heavy (non-hydrogen) atoms. The highest BCUT2D eigenvalue weighted by Gasteiger charge is 2.18. The molecule has 0 saturated heterocycles. The lowest BCUT2D eigenvalue weighted by molar-refractivity contribution is 0.0865. The van der Waals surface area contributed by atoms with Crippen molar-refractivity contribution in [3.63, 3.8) is 0 Å². The summed E-state index contributed by atoms with van der Waals surface area (Å²) in [6, 6.07) is 4.17. The van der Waals surface area contributed by atoms with Gasteiger partial charge in [0.2, 0.25) is 0 Å². The Hall–Kier alpha value is -1.06. The molecule has 82 valence electrons. The van der Waals surface area contributed by atoms with Crippen molar-refractivity contribution in [2.24, 2.45) is 0 Å². The lowest BCUT2D eigenvalue weighted by Gasteiger charge is -2.12. The zero-order valence-corrected chi connectivity index (χ0v) is 9.30. The van der Waals surface area contributed by atoms with Gasteiger partial charge in [0.15, 0.2) is 0 Å². The van der Waals surface area contributed by atoms with Gasteiger partial charge < -0.3 is 9.57 Å². The van der Waals surface area contributed by atoms with Gasteiger partial charge in [-0.1, -0.05) is 6.07 Å². The van der Waals surface area contributed by atoms with Crippen LogP contribution in [0.25, 0.3) is 0 Å². The number of nitrogens with one attached hydrogen (secondary N) is 1. The second-order valence-electron chi connectivity index (χ2n) is 3.76. The first kappa shape index (κ1) is 10.5. The van der Waals surface area contributed by atoms with Crippen LogP contribution < -0.4 is 10.2 Å². The summed E-state index contributed by atoms with van der Waals surface area (Å²) in [5.74, 6) is 1.03. The highest BCUT2D eigenvalue weighted by atomic mass is 16.6. The normalized spacial score (nSPS) is 14.0. The standard InChI is InChI=1S/C12H17NO2/c1-14-12-7-6-9(8-13-15-2)10-4-3-5-11(10)12/h6-7,13H,3-5,8H2,1-2H3. The van der Waals surface area contributed by atoms with Crippen LogP contribution in [0.3, 0.4) is 0 Å². The second-order valence-corrected chi connectivity index (χ2v) is 3.76. The fraction of sp³-hybridized carbons (Fsp3) is 0.500. The van der Waals surface area contributed by atoms with Crippen molar-refractivity contribution in [3.8, 4) is 5.75 Å². The third-order valence-corrected chi connectivity index (χ3v) is 2.97. The number of ether oxygens (including phenoxy) is 1. The fourth-order valence-corrected chi connectivity index (χ4v) is 2.25. The van der Waals surface area contributed by atoms with Crippen LogP contribution in [0.4, 0.5) is 0 Å². The quantitative estimate of drug-likeness (QED) is 0.764. The number of rotatable bonds is 4. The maximum Gasteiger partial charge on any atom is 0.122 e. The van der Waals surface area contributed by atoms with E-state index in [-0.39, 0.29) is 0 Å². The van der Waals surface area contributed by atoms with Crippen molar-refractivity contribution in [2.75, 3.05) is 14.2 Å². The SMILES string of the molecule is CONCc1ccc(OC)c2c1CCC2. The molecule has 0 aliphatic heterocycles. The lowest BCUT2D eigenvalue weighted by atomic mass is 10.0. The molecule has 0 amide bonds. The summed E-state index contributed by atoms with van der Waals surface area (Å²) in [6.07, 6.45) is 3.53. The fourth-order valence-electron chi connectivity index (χ4n) is 2.25. The van der Waals surface area contributed by atoms with Crippen molar-refractivity contribution in [1.29, 1.82) is 0 Å².